The molecule has 0 bridgehead atoms. The van der Waals surface area contributed by atoms with Crippen LogP contribution in [0.5, 0.6) is 0 Å². The van der Waals surface area contributed by atoms with Crippen molar-refractivity contribution in [2.75, 3.05) is 6.54 Å². The number of rotatable bonds is 5. The van der Waals surface area contributed by atoms with Crippen LogP contribution in [0.15, 0.2) is 36.7 Å². The minimum atomic E-state index is -0.560. The molecule has 1 aromatic carbocycles. The summed E-state index contributed by atoms with van der Waals surface area (Å²) in [6.45, 7) is 3.05. The summed E-state index contributed by atoms with van der Waals surface area (Å²) in [5, 5.41) is 7.72. The Bertz CT molecular complexity index is 907. The van der Waals surface area contributed by atoms with E-state index in [1.165, 1.54) is 6.07 Å². The van der Waals surface area contributed by atoms with E-state index in [-0.39, 0.29) is 12.2 Å². The van der Waals surface area contributed by atoms with Gasteiger partial charge in [-0.05, 0) is 36.2 Å². The first kappa shape index (κ1) is 17.1. The third kappa shape index (κ3) is 3.10. The highest BCUT2D eigenvalue weighted by Crippen LogP contribution is 2.35. The molecule has 0 aliphatic carbocycles. The lowest BCUT2D eigenvalue weighted by molar-refractivity contribution is 0.367. The van der Waals surface area contributed by atoms with Crippen LogP contribution in [0.2, 0.25) is 0 Å². The first-order chi connectivity index (χ1) is 12.7. The highest BCUT2D eigenvalue weighted by molar-refractivity contribution is 5.86. The van der Waals surface area contributed by atoms with E-state index >= 15 is 0 Å². The average molecular weight is 356 g/mol. The Morgan fingerprint density at radius 2 is 2.19 bits per heavy atom. The molecule has 1 aliphatic rings. The lowest BCUT2D eigenvalue weighted by atomic mass is 9.93. The van der Waals surface area contributed by atoms with Crippen LogP contribution in [0.3, 0.4) is 0 Å². The van der Waals surface area contributed by atoms with Crippen LogP contribution in [0.25, 0.3) is 10.9 Å². The topological polar surface area (TPSA) is 52.7 Å². The Morgan fingerprint density at radius 1 is 1.31 bits per heavy atom. The van der Waals surface area contributed by atoms with Gasteiger partial charge in [-0.15, -0.1) is 0 Å². The Labute approximate surface area is 151 Å². The Kier molecular flexibility index (Phi) is 4.70. The summed E-state index contributed by atoms with van der Waals surface area (Å²) in [6, 6.07) is 6.07. The molecule has 0 spiro atoms. The van der Waals surface area contributed by atoms with Crippen molar-refractivity contribution >= 4 is 10.9 Å². The van der Waals surface area contributed by atoms with Crippen molar-refractivity contribution in [2.24, 2.45) is 0 Å². The molecule has 3 heterocycles. The predicted octanol–water partition coefficient (Wildman–Crippen LogP) is 3.79. The van der Waals surface area contributed by atoms with Crippen LogP contribution in [-0.4, -0.2) is 22.7 Å². The van der Waals surface area contributed by atoms with Crippen molar-refractivity contribution in [3.63, 3.8) is 0 Å². The largest absolute Gasteiger partial charge is 0.354 e. The van der Waals surface area contributed by atoms with Crippen molar-refractivity contribution in [3.8, 4) is 0 Å². The molecule has 4 nitrogen and oxygen atoms in total. The summed E-state index contributed by atoms with van der Waals surface area (Å²) in [7, 11) is 0. The van der Waals surface area contributed by atoms with Crippen LogP contribution in [0, 0.1) is 11.6 Å². The molecule has 2 aromatic heterocycles. The molecule has 3 aromatic rings. The number of pyridine rings is 1. The summed E-state index contributed by atoms with van der Waals surface area (Å²) in [5.41, 5.74) is 3.19. The molecule has 0 saturated carbocycles. The number of benzene rings is 1. The summed E-state index contributed by atoms with van der Waals surface area (Å²) >= 11 is 0. The molecule has 1 aliphatic heterocycles. The molecule has 26 heavy (non-hydrogen) atoms. The van der Waals surface area contributed by atoms with E-state index in [1.807, 2.05) is 12.1 Å². The fourth-order valence-corrected chi connectivity index (χ4v) is 3.70. The van der Waals surface area contributed by atoms with Gasteiger partial charge in [-0.2, -0.15) is 0 Å². The number of unbranched alkanes of at least 4 members (excludes halogenated alkanes) is 1. The van der Waals surface area contributed by atoms with Crippen molar-refractivity contribution in [1.29, 1.82) is 0 Å². The third-order valence-electron chi connectivity index (χ3n) is 4.97. The monoisotopic (exact) mass is 356 g/mol. The summed E-state index contributed by atoms with van der Waals surface area (Å²) < 4.78 is 28.1. The van der Waals surface area contributed by atoms with E-state index in [1.54, 1.807) is 12.4 Å². The van der Waals surface area contributed by atoms with E-state index < -0.39 is 11.6 Å². The van der Waals surface area contributed by atoms with E-state index in [4.69, 9.17) is 0 Å². The second-order valence-corrected chi connectivity index (χ2v) is 6.78. The van der Waals surface area contributed by atoms with E-state index in [0.29, 0.717) is 17.3 Å². The number of nitrogens with one attached hydrogen (secondary N) is 3. The van der Waals surface area contributed by atoms with Gasteiger partial charge < -0.3 is 10.3 Å². The van der Waals surface area contributed by atoms with Gasteiger partial charge in [0, 0.05) is 36.0 Å². The molecular weight excluding hydrogens is 334 g/mol. The SMILES string of the molecule is CCCCN[C@H]1Cc2c([nH]c3c(F)cc(F)cc23)[C@@H](c2cccnc2)N1. The van der Waals surface area contributed by atoms with Gasteiger partial charge in [-0.25, -0.2) is 8.78 Å². The highest BCUT2D eigenvalue weighted by atomic mass is 19.1. The van der Waals surface area contributed by atoms with Gasteiger partial charge >= 0.3 is 0 Å². The molecule has 2 atom stereocenters. The summed E-state index contributed by atoms with van der Waals surface area (Å²) in [5.74, 6) is -1.11. The maximum absolute atomic E-state index is 14.3. The highest BCUT2D eigenvalue weighted by Gasteiger charge is 2.31. The van der Waals surface area contributed by atoms with Crippen LogP contribution in [0.1, 0.15) is 42.6 Å². The Morgan fingerprint density at radius 3 is 2.96 bits per heavy atom. The molecular formula is C20H22F2N4. The molecule has 0 saturated heterocycles. The molecule has 6 heteroatoms. The van der Waals surface area contributed by atoms with Crippen LogP contribution < -0.4 is 10.6 Å². The number of aromatic amines is 1. The second kappa shape index (κ2) is 7.13. The number of hydrogen-bond acceptors (Lipinski definition) is 3. The van der Waals surface area contributed by atoms with Crippen molar-refractivity contribution in [1.82, 2.24) is 20.6 Å². The van der Waals surface area contributed by atoms with Crippen molar-refractivity contribution in [3.05, 3.63) is 65.1 Å². The lowest BCUT2D eigenvalue weighted by Crippen LogP contribution is -2.49. The molecule has 0 radical (unpaired) electrons. The van der Waals surface area contributed by atoms with E-state index in [9.17, 15) is 8.78 Å². The normalized spacial score (nSPS) is 19.7. The zero-order chi connectivity index (χ0) is 18.1. The smallest absolute Gasteiger partial charge is 0.150 e. The van der Waals surface area contributed by atoms with Crippen molar-refractivity contribution in [2.45, 2.75) is 38.4 Å². The number of H-pyrrole nitrogens is 1. The molecule has 0 amide bonds. The number of aromatic nitrogens is 2. The molecule has 0 unspecified atom stereocenters. The third-order valence-corrected chi connectivity index (χ3v) is 4.97. The maximum Gasteiger partial charge on any atom is 0.150 e. The van der Waals surface area contributed by atoms with Crippen LogP contribution in [-0.2, 0) is 6.42 Å². The zero-order valence-corrected chi connectivity index (χ0v) is 14.7. The molecule has 0 fully saturated rings. The minimum Gasteiger partial charge on any atom is -0.354 e. The van der Waals surface area contributed by atoms with Crippen molar-refractivity contribution < 1.29 is 8.78 Å². The minimum absolute atomic E-state index is 0.0320. The van der Waals surface area contributed by atoms with Gasteiger partial charge in [0.2, 0.25) is 0 Å². The second-order valence-electron chi connectivity index (χ2n) is 6.78. The van der Waals surface area contributed by atoms with E-state index in [2.05, 4.69) is 27.5 Å². The van der Waals surface area contributed by atoms with E-state index in [0.717, 1.165) is 42.3 Å². The summed E-state index contributed by atoms with van der Waals surface area (Å²) in [4.78, 5) is 7.40. The number of hydrogen-bond donors (Lipinski definition) is 3. The van der Waals surface area contributed by atoms with Gasteiger partial charge in [0.15, 0.2) is 0 Å². The standard InChI is InChI=1S/C20H22F2N4/c1-2-3-7-24-17-10-15-14-8-13(21)9-16(22)19(14)26-20(15)18(25-17)12-5-4-6-23-11-12/h4-6,8-9,11,17-18,24-26H,2-3,7,10H2,1H3/t17-,18-/m1/s1. The quantitative estimate of drug-likeness (QED) is 0.610. The van der Waals surface area contributed by atoms with Gasteiger partial charge in [0.25, 0.3) is 0 Å². The van der Waals surface area contributed by atoms with Crippen LogP contribution in [0.4, 0.5) is 8.78 Å². The number of nitrogens with zero attached hydrogens (tertiary/aromatic N) is 1. The van der Waals surface area contributed by atoms with Crippen LogP contribution >= 0.6 is 0 Å². The Balaban J connectivity index is 1.79. The summed E-state index contributed by atoms with van der Waals surface area (Å²) in [6.07, 6.45) is 6.42. The Hall–Kier alpha value is -2.31. The fourth-order valence-electron chi connectivity index (χ4n) is 3.70. The number of halogens is 2. The maximum atomic E-state index is 14.3. The average Bonchev–Trinajstić information content (AvgIpc) is 3.01. The molecule has 136 valence electrons. The van der Waals surface area contributed by atoms with Gasteiger partial charge in [0.1, 0.15) is 11.6 Å². The van der Waals surface area contributed by atoms with Gasteiger partial charge in [-0.1, -0.05) is 19.4 Å². The molecule has 3 N–H and O–H groups in total. The fraction of sp³-hybridized carbons (Fsp3) is 0.350. The predicted molar refractivity (Wildman–Crippen MR) is 97.8 cm³/mol. The van der Waals surface area contributed by atoms with Gasteiger partial charge in [0.05, 0.1) is 17.7 Å². The first-order valence-electron chi connectivity index (χ1n) is 9.06. The number of fused-ring (bicyclic) bond motifs is 3. The first-order valence-corrected chi connectivity index (χ1v) is 9.06. The van der Waals surface area contributed by atoms with Gasteiger partial charge in [-0.3, -0.25) is 10.3 Å². The lowest BCUT2D eigenvalue weighted by Gasteiger charge is -2.32. The zero-order valence-electron chi connectivity index (χ0n) is 14.7. The molecule has 4 rings (SSSR count).